The number of carbonyl (C=O) groups excluding carboxylic acids is 2. The Morgan fingerprint density at radius 1 is 1.17 bits per heavy atom. The van der Waals surface area contributed by atoms with E-state index in [-0.39, 0.29) is 6.54 Å². The predicted molar refractivity (Wildman–Crippen MR) is 64.5 cm³/mol. The Bertz CT molecular complexity index is 296. The molecule has 0 saturated carbocycles. The van der Waals surface area contributed by atoms with E-state index in [0.29, 0.717) is 19.4 Å². The summed E-state index contributed by atoms with van der Waals surface area (Å²) in [6.07, 6.45) is 1.78. The van der Waals surface area contributed by atoms with Gasteiger partial charge in [0.1, 0.15) is 12.6 Å². The Labute approximate surface area is 105 Å². The van der Waals surface area contributed by atoms with Crippen molar-refractivity contribution in [1.29, 1.82) is 0 Å². The largest absolute Gasteiger partial charge is 0.480 e. The highest BCUT2D eigenvalue weighted by atomic mass is 16.4. The fourth-order valence-electron chi connectivity index (χ4n) is 1.30. The van der Waals surface area contributed by atoms with Crippen LogP contribution in [-0.2, 0) is 14.4 Å². The third-order valence-electron chi connectivity index (χ3n) is 2.20. The first kappa shape index (κ1) is 16.3. The van der Waals surface area contributed by atoms with Crippen LogP contribution < -0.4 is 22.1 Å². The molecule has 104 valence electrons. The van der Waals surface area contributed by atoms with Crippen LogP contribution in [0.3, 0.4) is 0 Å². The summed E-state index contributed by atoms with van der Waals surface area (Å²) in [4.78, 5) is 33.1. The molecule has 0 spiro atoms. The molecule has 8 nitrogen and oxygen atoms in total. The molecule has 0 aliphatic carbocycles. The molecular weight excluding hydrogens is 240 g/mol. The van der Waals surface area contributed by atoms with Gasteiger partial charge in [0.15, 0.2) is 0 Å². The van der Waals surface area contributed by atoms with Gasteiger partial charge in [-0.2, -0.15) is 0 Å². The standard InChI is InChI=1S/C10H20N4O4/c11-4-2-1-3-7(14-8(15)5-12)10(18)13-6-9(16)17/h7H,1-6,11-12H2,(H,13,18)(H,14,15)(H,16,17)/t7-/m0/s1. The number of amides is 2. The van der Waals surface area contributed by atoms with Gasteiger partial charge in [0.05, 0.1) is 6.54 Å². The molecule has 0 rings (SSSR count). The Morgan fingerprint density at radius 3 is 2.33 bits per heavy atom. The molecular formula is C10H20N4O4. The van der Waals surface area contributed by atoms with Crippen molar-refractivity contribution < 1.29 is 19.5 Å². The van der Waals surface area contributed by atoms with Gasteiger partial charge >= 0.3 is 5.97 Å². The van der Waals surface area contributed by atoms with Crippen LogP contribution in [0.25, 0.3) is 0 Å². The number of carboxylic acid groups (broad SMARTS) is 1. The molecule has 1 atom stereocenters. The second-order valence-electron chi connectivity index (χ2n) is 3.72. The average molecular weight is 260 g/mol. The number of nitrogens with one attached hydrogen (secondary N) is 2. The molecule has 0 aliphatic heterocycles. The summed E-state index contributed by atoms with van der Waals surface area (Å²) < 4.78 is 0. The van der Waals surface area contributed by atoms with Gasteiger partial charge < -0.3 is 27.2 Å². The van der Waals surface area contributed by atoms with Crippen molar-refractivity contribution in [2.45, 2.75) is 25.3 Å². The van der Waals surface area contributed by atoms with E-state index in [1.165, 1.54) is 0 Å². The van der Waals surface area contributed by atoms with Crippen LogP contribution in [0.15, 0.2) is 0 Å². The van der Waals surface area contributed by atoms with E-state index in [9.17, 15) is 14.4 Å². The van der Waals surface area contributed by atoms with Crippen molar-refractivity contribution in [3.63, 3.8) is 0 Å². The Kier molecular flexibility index (Phi) is 8.50. The molecule has 0 heterocycles. The molecule has 8 heteroatoms. The molecule has 2 amide bonds. The van der Waals surface area contributed by atoms with Crippen molar-refractivity contribution in [3.8, 4) is 0 Å². The summed E-state index contributed by atoms with van der Waals surface area (Å²) in [6, 6.07) is -0.771. The van der Waals surface area contributed by atoms with E-state index in [2.05, 4.69) is 10.6 Å². The molecule has 0 radical (unpaired) electrons. The maximum absolute atomic E-state index is 11.6. The van der Waals surface area contributed by atoms with Crippen molar-refractivity contribution >= 4 is 17.8 Å². The molecule has 18 heavy (non-hydrogen) atoms. The van der Waals surface area contributed by atoms with E-state index in [4.69, 9.17) is 16.6 Å². The van der Waals surface area contributed by atoms with E-state index < -0.39 is 30.4 Å². The van der Waals surface area contributed by atoms with Crippen molar-refractivity contribution in [1.82, 2.24) is 10.6 Å². The number of rotatable bonds is 9. The zero-order valence-corrected chi connectivity index (χ0v) is 10.1. The van der Waals surface area contributed by atoms with Crippen LogP contribution >= 0.6 is 0 Å². The van der Waals surface area contributed by atoms with Crippen LogP contribution in [0, 0.1) is 0 Å². The first-order chi connectivity index (χ1) is 8.51. The second kappa shape index (κ2) is 9.37. The predicted octanol–water partition coefficient (Wildman–Crippen LogP) is -2.24. The Hall–Kier alpha value is -1.67. The van der Waals surface area contributed by atoms with Gasteiger partial charge in [-0.05, 0) is 25.8 Å². The minimum absolute atomic E-state index is 0.223. The summed E-state index contributed by atoms with van der Waals surface area (Å²) in [5, 5.41) is 13.1. The van der Waals surface area contributed by atoms with Gasteiger partial charge in [-0.1, -0.05) is 0 Å². The number of hydrogen-bond acceptors (Lipinski definition) is 5. The second-order valence-corrected chi connectivity index (χ2v) is 3.72. The summed E-state index contributed by atoms with van der Waals surface area (Å²) in [7, 11) is 0. The lowest BCUT2D eigenvalue weighted by Crippen LogP contribution is -2.49. The normalized spacial score (nSPS) is 11.7. The average Bonchev–Trinajstić information content (AvgIpc) is 2.34. The highest BCUT2D eigenvalue weighted by molar-refractivity contribution is 5.89. The molecule has 0 aromatic carbocycles. The zero-order valence-electron chi connectivity index (χ0n) is 10.1. The van der Waals surface area contributed by atoms with Crippen molar-refractivity contribution in [3.05, 3.63) is 0 Å². The van der Waals surface area contributed by atoms with Gasteiger partial charge in [0.2, 0.25) is 11.8 Å². The number of hydrogen-bond donors (Lipinski definition) is 5. The highest BCUT2D eigenvalue weighted by Gasteiger charge is 2.19. The van der Waals surface area contributed by atoms with Gasteiger partial charge in [0, 0.05) is 0 Å². The van der Waals surface area contributed by atoms with E-state index >= 15 is 0 Å². The number of nitrogens with two attached hydrogens (primary N) is 2. The van der Waals surface area contributed by atoms with Crippen LogP contribution in [0.5, 0.6) is 0 Å². The Balaban J connectivity index is 4.28. The molecule has 0 saturated heterocycles. The van der Waals surface area contributed by atoms with E-state index in [1.54, 1.807) is 0 Å². The summed E-state index contributed by atoms with van der Waals surface area (Å²) in [5.74, 6) is -2.14. The minimum Gasteiger partial charge on any atom is -0.480 e. The van der Waals surface area contributed by atoms with Crippen LogP contribution in [-0.4, -0.2) is 48.6 Å². The summed E-state index contributed by atoms with van der Waals surface area (Å²) in [5.41, 5.74) is 10.5. The lowest BCUT2D eigenvalue weighted by Gasteiger charge is -2.17. The molecule has 7 N–H and O–H groups in total. The SMILES string of the molecule is NCCCC[C@H](NC(=O)CN)C(=O)NCC(=O)O. The molecule has 0 unspecified atom stereocenters. The summed E-state index contributed by atoms with van der Waals surface area (Å²) >= 11 is 0. The van der Waals surface area contributed by atoms with Gasteiger partial charge in [-0.15, -0.1) is 0 Å². The van der Waals surface area contributed by atoms with Crippen LogP contribution in [0.1, 0.15) is 19.3 Å². The number of carboxylic acids is 1. The zero-order chi connectivity index (χ0) is 14.0. The fourth-order valence-corrected chi connectivity index (χ4v) is 1.30. The number of aliphatic carboxylic acids is 1. The smallest absolute Gasteiger partial charge is 0.322 e. The van der Waals surface area contributed by atoms with Gasteiger partial charge in [-0.3, -0.25) is 14.4 Å². The molecule has 0 fully saturated rings. The number of unbranched alkanes of at least 4 members (excludes halogenated alkanes) is 1. The quantitative estimate of drug-likeness (QED) is 0.296. The highest BCUT2D eigenvalue weighted by Crippen LogP contribution is 2.00. The van der Waals surface area contributed by atoms with Gasteiger partial charge in [-0.25, -0.2) is 0 Å². The Morgan fingerprint density at radius 2 is 1.83 bits per heavy atom. The third kappa shape index (κ3) is 7.58. The van der Waals surface area contributed by atoms with Crippen molar-refractivity contribution in [2.24, 2.45) is 11.5 Å². The van der Waals surface area contributed by atoms with Crippen LogP contribution in [0.2, 0.25) is 0 Å². The third-order valence-corrected chi connectivity index (χ3v) is 2.20. The minimum atomic E-state index is -1.14. The van der Waals surface area contributed by atoms with E-state index in [0.717, 1.165) is 6.42 Å². The maximum atomic E-state index is 11.6. The van der Waals surface area contributed by atoms with Crippen molar-refractivity contribution in [2.75, 3.05) is 19.6 Å². The molecule has 0 aromatic heterocycles. The molecule has 0 aromatic rings. The molecule has 0 bridgehead atoms. The van der Waals surface area contributed by atoms with Crippen LogP contribution in [0.4, 0.5) is 0 Å². The first-order valence-electron chi connectivity index (χ1n) is 5.70. The van der Waals surface area contributed by atoms with E-state index in [1.807, 2.05) is 0 Å². The topological polar surface area (TPSA) is 148 Å². The maximum Gasteiger partial charge on any atom is 0.322 e. The number of carbonyl (C=O) groups is 3. The first-order valence-corrected chi connectivity index (χ1v) is 5.70. The lowest BCUT2D eigenvalue weighted by atomic mass is 10.1. The monoisotopic (exact) mass is 260 g/mol. The lowest BCUT2D eigenvalue weighted by molar-refractivity contribution is -0.138. The fraction of sp³-hybridized carbons (Fsp3) is 0.700. The molecule has 0 aliphatic rings. The summed E-state index contributed by atoms with van der Waals surface area (Å²) in [6.45, 7) is -0.210. The van der Waals surface area contributed by atoms with Gasteiger partial charge in [0.25, 0.3) is 0 Å².